The van der Waals surface area contributed by atoms with E-state index < -0.39 is 0 Å². The zero-order valence-corrected chi connectivity index (χ0v) is 15.2. The molecule has 1 heterocycles. The van der Waals surface area contributed by atoms with E-state index in [4.69, 9.17) is 9.47 Å². The molecule has 4 nitrogen and oxygen atoms in total. The van der Waals surface area contributed by atoms with E-state index in [0.29, 0.717) is 13.2 Å². The van der Waals surface area contributed by atoms with Crippen molar-refractivity contribution in [1.82, 2.24) is 0 Å². The summed E-state index contributed by atoms with van der Waals surface area (Å²) in [6.07, 6.45) is 0. The highest BCUT2D eigenvalue weighted by molar-refractivity contribution is 5.96. The van der Waals surface area contributed by atoms with E-state index in [-0.39, 0.29) is 12.5 Å². The van der Waals surface area contributed by atoms with Crippen molar-refractivity contribution in [2.45, 2.75) is 13.2 Å². The molecule has 3 aromatic rings. The third-order valence-electron chi connectivity index (χ3n) is 4.76. The summed E-state index contributed by atoms with van der Waals surface area (Å²) in [4.78, 5) is 14.5. The van der Waals surface area contributed by atoms with Crippen molar-refractivity contribution in [1.29, 1.82) is 0 Å². The van der Waals surface area contributed by atoms with Gasteiger partial charge in [-0.2, -0.15) is 0 Å². The topological polar surface area (TPSA) is 38.8 Å². The first-order valence-electron chi connectivity index (χ1n) is 8.94. The highest BCUT2D eigenvalue weighted by Gasteiger charge is 2.23. The Balaban J connectivity index is 1.78. The van der Waals surface area contributed by atoms with Crippen LogP contribution in [0.3, 0.4) is 0 Å². The van der Waals surface area contributed by atoms with Crippen LogP contribution in [0.2, 0.25) is 0 Å². The van der Waals surface area contributed by atoms with Gasteiger partial charge in [-0.1, -0.05) is 60.7 Å². The summed E-state index contributed by atoms with van der Waals surface area (Å²) < 4.78 is 11.1. The molecule has 1 aliphatic heterocycles. The third kappa shape index (κ3) is 3.57. The Labute approximate surface area is 159 Å². The van der Waals surface area contributed by atoms with Crippen molar-refractivity contribution in [3.63, 3.8) is 0 Å². The SMILES string of the molecule is COc1ccccc1-c1ccc2c(c1)N(Cc1ccccc1)C(=O)COC2. The van der Waals surface area contributed by atoms with Crippen LogP contribution in [-0.4, -0.2) is 19.6 Å². The minimum absolute atomic E-state index is 0.0326. The summed E-state index contributed by atoms with van der Waals surface area (Å²) >= 11 is 0. The fourth-order valence-electron chi connectivity index (χ4n) is 3.39. The number of fused-ring (bicyclic) bond motifs is 1. The lowest BCUT2D eigenvalue weighted by atomic mass is 10.0. The lowest BCUT2D eigenvalue weighted by Gasteiger charge is -2.23. The summed E-state index contributed by atoms with van der Waals surface area (Å²) in [7, 11) is 1.67. The number of para-hydroxylation sites is 1. The van der Waals surface area contributed by atoms with Gasteiger partial charge in [0.15, 0.2) is 0 Å². The van der Waals surface area contributed by atoms with Crippen molar-refractivity contribution in [2.24, 2.45) is 0 Å². The maximum absolute atomic E-state index is 12.7. The molecule has 4 rings (SSSR count). The molecular formula is C23H21NO3. The minimum atomic E-state index is -0.0326. The smallest absolute Gasteiger partial charge is 0.253 e. The van der Waals surface area contributed by atoms with Crippen molar-refractivity contribution in [3.05, 3.63) is 83.9 Å². The van der Waals surface area contributed by atoms with Gasteiger partial charge in [0.2, 0.25) is 0 Å². The van der Waals surface area contributed by atoms with Crippen LogP contribution in [0.5, 0.6) is 5.75 Å². The van der Waals surface area contributed by atoms with Gasteiger partial charge in [-0.25, -0.2) is 0 Å². The standard InChI is InChI=1S/C23H21NO3/c1-26-22-10-6-5-9-20(22)18-11-12-19-15-27-16-23(25)24(21(19)13-18)14-17-7-3-2-4-8-17/h2-13H,14-16H2,1H3. The molecular weight excluding hydrogens is 338 g/mol. The Hall–Kier alpha value is -3.11. The Morgan fingerprint density at radius 1 is 0.963 bits per heavy atom. The zero-order valence-electron chi connectivity index (χ0n) is 15.2. The van der Waals surface area contributed by atoms with E-state index in [9.17, 15) is 4.79 Å². The predicted octanol–water partition coefficient (Wildman–Crippen LogP) is 4.43. The normalized spacial score (nSPS) is 13.8. The van der Waals surface area contributed by atoms with Gasteiger partial charge in [0.05, 0.1) is 25.9 Å². The molecule has 1 aliphatic rings. The van der Waals surface area contributed by atoms with E-state index in [1.54, 1.807) is 7.11 Å². The molecule has 0 saturated carbocycles. The lowest BCUT2D eigenvalue weighted by molar-refractivity contribution is -0.123. The Bertz CT molecular complexity index is 953. The second-order valence-corrected chi connectivity index (χ2v) is 6.50. The van der Waals surface area contributed by atoms with Crippen molar-refractivity contribution in [2.75, 3.05) is 18.6 Å². The van der Waals surface area contributed by atoms with Crippen molar-refractivity contribution < 1.29 is 14.3 Å². The first-order valence-corrected chi connectivity index (χ1v) is 8.94. The Morgan fingerprint density at radius 3 is 2.56 bits per heavy atom. The number of nitrogens with zero attached hydrogens (tertiary/aromatic N) is 1. The number of hydrogen-bond donors (Lipinski definition) is 0. The first-order chi connectivity index (χ1) is 13.3. The number of benzene rings is 3. The van der Waals surface area contributed by atoms with Gasteiger partial charge in [-0.05, 0) is 23.3 Å². The third-order valence-corrected chi connectivity index (χ3v) is 4.76. The van der Waals surface area contributed by atoms with Crippen LogP contribution in [0.25, 0.3) is 11.1 Å². The second kappa shape index (κ2) is 7.64. The molecule has 0 aliphatic carbocycles. The largest absolute Gasteiger partial charge is 0.496 e. The van der Waals surface area contributed by atoms with Crippen molar-refractivity contribution in [3.8, 4) is 16.9 Å². The molecule has 0 bridgehead atoms. The summed E-state index contributed by atoms with van der Waals surface area (Å²) in [5.41, 5.74) is 5.00. The molecule has 0 N–H and O–H groups in total. The highest BCUT2D eigenvalue weighted by Crippen LogP contribution is 2.35. The number of anilines is 1. The summed E-state index contributed by atoms with van der Waals surface area (Å²) in [6.45, 7) is 1.04. The number of amides is 1. The molecule has 0 spiro atoms. The van der Waals surface area contributed by atoms with Gasteiger partial charge in [-0.15, -0.1) is 0 Å². The fraction of sp³-hybridized carbons (Fsp3) is 0.174. The van der Waals surface area contributed by atoms with Gasteiger partial charge < -0.3 is 14.4 Å². The van der Waals surface area contributed by atoms with E-state index in [0.717, 1.165) is 33.7 Å². The highest BCUT2D eigenvalue weighted by atomic mass is 16.5. The number of ether oxygens (including phenoxy) is 2. The first kappa shape index (κ1) is 17.3. The molecule has 0 radical (unpaired) electrons. The minimum Gasteiger partial charge on any atom is -0.496 e. The molecule has 136 valence electrons. The molecule has 0 fully saturated rings. The predicted molar refractivity (Wildman–Crippen MR) is 106 cm³/mol. The van der Waals surface area contributed by atoms with Crippen LogP contribution in [0, 0.1) is 0 Å². The average Bonchev–Trinajstić information content (AvgIpc) is 2.87. The van der Waals surface area contributed by atoms with Crippen LogP contribution in [0.4, 0.5) is 5.69 Å². The molecule has 1 amide bonds. The van der Waals surface area contributed by atoms with Gasteiger partial charge in [0.25, 0.3) is 5.91 Å². The average molecular weight is 359 g/mol. The second-order valence-electron chi connectivity index (χ2n) is 6.50. The van der Waals surface area contributed by atoms with Gasteiger partial charge in [0.1, 0.15) is 12.4 Å². The van der Waals surface area contributed by atoms with Gasteiger partial charge >= 0.3 is 0 Å². The quantitative estimate of drug-likeness (QED) is 0.692. The van der Waals surface area contributed by atoms with Crippen LogP contribution in [0.1, 0.15) is 11.1 Å². The molecule has 0 aromatic heterocycles. The number of carbonyl (C=O) groups excluding carboxylic acids is 1. The fourth-order valence-corrected chi connectivity index (χ4v) is 3.39. The number of hydrogen-bond acceptors (Lipinski definition) is 3. The lowest BCUT2D eigenvalue weighted by Crippen LogP contribution is -2.32. The van der Waals surface area contributed by atoms with Crippen LogP contribution < -0.4 is 9.64 Å². The Kier molecular flexibility index (Phi) is 4.90. The van der Waals surface area contributed by atoms with Crippen LogP contribution in [-0.2, 0) is 22.7 Å². The molecule has 0 saturated heterocycles. The number of methoxy groups -OCH3 is 1. The van der Waals surface area contributed by atoms with E-state index >= 15 is 0 Å². The molecule has 0 unspecified atom stereocenters. The van der Waals surface area contributed by atoms with Crippen molar-refractivity contribution >= 4 is 11.6 Å². The molecule has 4 heteroatoms. The number of rotatable bonds is 4. The van der Waals surface area contributed by atoms with Crippen LogP contribution >= 0.6 is 0 Å². The van der Waals surface area contributed by atoms with E-state index in [1.807, 2.05) is 65.6 Å². The van der Waals surface area contributed by atoms with Gasteiger partial charge in [-0.3, -0.25) is 4.79 Å². The monoisotopic (exact) mass is 359 g/mol. The van der Waals surface area contributed by atoms with E-state index in [1.165, 1.54) is 0 Å². The summed E-state index contributed by atoms with van der Waals surface area (Å²) in [6, 6.07) is 24.1. The zero-order chi connectivity index (χ0) is 18.6. The number of carbonyl (C=O) groups is 1. The Morgan fingerprint density at radius 2 is 1.74 bits per heavy atom. The van der Waals surface area contributed by atoms with E-state index in [2.05, 4.69) is 12.1 Å². The molecule has 0 atom stereocenters. The molecule has 3 aromatic carbocycles. The van der Waals surface area contributed by atoms with Crippen LogP contribution in [0.15, 0.2) is 72.8 Å². The molecule has 27 heavy (non-hydrogen) atoms. The summed E-state index contributed by atoms with van der Waals surface area (Å²) in [5, 5.41) is 0. The summed E-state index contributed by atoms with van der Waals surface area (Å²) in [5.74, 6) is 0.776. The van der Waals surface area contributed by atoms with Gasteiger partial charge in [0, 0.05) is 11.1 Å². The maximum atomic E-state index is 12.7. The maximum Gasteiger partial charge on any atom is 0.253 e.